The molecule has 0 atom stereocenters. The van der Waals surface area contributed by atoms with Crippen LogP contribution in [0, 0.1) is 0 Å². The summed E-state index contributed by atoms with van der Waals surface area (Å²) in [5.74, 6) is 0.629. The molecule has 2 rings (SSSR count). The fourth-order valence-corrected chi connectivity index (χ4v) is 1.79. The Bertz CT molecular complexity index is 484. The minimum atomic E-state index is -0.557. The quantitative estimate of drug-likeness (QED) is 0.772. The molecule has 1 aromatic rings. The maximum absolute atomic E-state index is 11.8. The molecule has 0 aromatic carbocycles. The molecule has 0 unspecified atom stereocenters. The second-order valence-electron chi connectivity index (χ2n) is 4.09. The Labute approximate surface area is 99.0 Å². The number of carbonyl (C=O) groups excluding carboxylic acids is 2. The maximum Gasteiger partial charge on any atom is 0.319 e. The predicted octanol–water partition coefficient (Wildman–Crippen LogP) is 0.619. The Balaban J connectivity index is 2.51. The van der Waals surface area contributed by atoms with Gasteiger partial charge in [0, 0.05) is 27.1 Å². The van der Waals surface area contributed by atoms with Gasteiger partial charge in [-0.25, -0.2) is 9.78 Å². The van der Waals surface area contributed by atoms with Gasteiger partial charge in [0.1, 0.15) is 11.5 Å². The van der Waals surface area contributed by atoms with Crippen LogP contribution in [0.5, 0.6) is 0 Å². The van der Waals surface area contributed by atoms with Gasteiger partial charge in [0.15, 0.2) is 5.78 Å². The van der Waals surface area contributed by atoms with Gasteiger partial charge in [-0.2, -0.15) is 0 Å². The van der Waals surface area contributed by atoms with E-state index >= 15 is 0 Å². The highest BCUT2D eigenvalue weighted by molar-refractivity contribution is 6.07. The third kappa shape index (κ3) is 1.93. The van der Waals surface area contributed by atoms with Crippen LogP contribution in [0.3, 0.4) is 0 Å². The van der Waals surface area contributed by atoms with E-state index in [1.54, 1.807) is 17.0 Å². The van der Waals surface area contributed by atoms with Gasteiger partial charge in [0.25, 0.3) is 0 Å². The van der Waals surface area contributed by atoms with Crippen molar-refractivity contribution < 1.29 is 9.59 Å². The van der Waals surface area contributed by atoms with E-state index in [9.17, 15) is 9.59 Å². The molecule has 1 aliphatic heterocycles. The molecule has 1 aromatic heterocycles. The SMILES string of the molecule is CN(C)c1ccc2c(n1)C(=O)CCN2C(N)=O. The average Bonchev–Trinajstić information content (AvgIpc) is 2.28. The van der Waals surface area contributed by atoms with Gasteiger partial charge in [-0.05, 0) is 12.1 Å². The molecular weight excluding hydrogens is 220 g/mol. The van der Waals surface area contributed by atoms with Crippen molar-refractivity contribution in [3.8, 4) is 0 Å². The number of primary amides is 1. The molecule has 90 valence electrons. The van der Waals surface area contributed by atoms with Crippen LogP contribution in [0.4, 0.5) is 16.3 Å². The first-order valence-corrected chi connectivity index (χ1v) is 5.29. The monoisotopic (exact) mass is 234 g/mol. The molecule has 0 saturated heterocycles. The number of pyridine rings is 1. The highest BCUT2D eigenvalue weighted by Gasteiger charge is 2.27. The molecule has 1 aliphatic rings. The number of anilines is 2. The minimum absolute atomic E-state index is 0.0544. The molecule has 17 heavy (non-hydrogen) atoms. The van der Waals surface area contributed by atoms with Crippen LogP contribution in [0.15, 0.2) is 12.1 Å². The number of ketones is 1. The summed E-state index contributed by atoms with van der Waals surface area (Å²) in [6.07, 6.45) is 0.264. The molecule has 0 bridgehead atoms. The smallest absolute Gasteiger partial charge is 0.319 e. The number of nitrogens with two attached hydrogens (primary N) is 1. The number of aromatic nitrogens is 1. The lowest BCUT2D eigenvalue weighted by Crippen LogP contribution is -2.41. The van der Waals surface area contributed by atoms with E-state index in [4.69, 9.17) is 5.73 Å². The zero-order chi connectivity index (χ0) is 12.6. The number of nitrogens with zero attached hydrogens (tertiary/aromatic N) is 3. The van der Waals surface area contributed by atoms with E-state index < -0.39 is 6.03 Å². The molecular formula is C11H14N4O2. The van der Waals surface area contributed by atoms with E-state index in [2.05, 4.69) is 4.98 Å². The summed E-state index contributed by atoms with van der Waals surface area (Å²) in [5, 5.41) is 0. The van der Waals surface area contributed by atoms with Gasteiger partial charge in [-0.1, -0.05) is 0 Å². The van der Waals surface area contributed by atoms with Crippen LogP contribution in [-0.2, 0) is 0 Å². The van der Waals surface area contributed by atoms with Gasteiger partial charge in [-0.3, -0.25) is 9.69 Å². The Morgan fingerprint density at radius 1 is 1.47 bits per heavy atom. The Morgan fingerprint density at radius 2 is 2.18 bits per heavy atom. The molecule has 0 aliphatic carbocycles. The molecule has 0 fully saturated rings. The Hall–Kier alpha value is -2.11. The second-order valence-corrected chi connectivity index (χ2v) is 4.09. The third-order valence-electron chi connectivity index (χ3n) is 2.70. The summed E-state index contributed by atoms with van der Waals surface area (Å²) in [6.45, 7) is 0.324. The van der Waals surface area contributed by atoms with E-state index in [-0.39, 0.29) is 12.2 Å². The van der Waals surface area contributed by atoms with Crippen molar-refractivity contribution in [2.45, 2.75) is 6.42 Å². The molecule has 2 heterocycles. The van der Waals surface area contributed by atoms with Gasteiger partial charge < -0.3 is 10.6 Å². The van der Waals surface area contributed by atoms with Gasteiger partial charge in [0.2, 0.25) is 0 Å². The normalized spacial score (nSPS) is 14.5. The number of rotatable bonds is 1. The highest BCUT2D eigenvalue weighted by atomic mass is 16.2. The zero-order valence-corrected chi connectivity index (χ0v) is 9.80. The number of carbonyl (C=O) groups is 2. The number of amides is 2. The number of urea groups is 1. The largest absolute Gasteiger partial charge is 0.363 e. The standard InChI is InChI=1S/C11H14N4O2/c1-14(2)9-4-3-7-10(13-9)8(16)5-6-15(7)11(12)17/h3-4H,5-6H2,1-2H3,(H2,12,17). The lowest BCUT2D eigenvalue weighted by molar-refractivity contribution is 0.0976. The van der Waals surface area contributed by atoms with E-state index in [0.29, 0.717) is 23.7 Å². The number of fused-ring (bicyclic) bond motifs is 1. The van der Waals surface area contributed by atoms with E-state index in [0.717, 1.165) is 0 Å². The molecule has 0 spiro atoms. The number of Topliss-reactive ketones (excluding diaryl/α,β-unsaturated/α-hetero) is 1. The van der Waals surface area contributed by atoms with Crippen molar-refractivity contribution in [1.82, 2.24) is 4.98 Å². The lowest BCUT2D eigenvalue weighted by atomic mass is 10.1. The van der Waals surface area contributed by atoms with Crippen LogP contribution < -0.4 is 15.5 Å². The van der Waals surface area contributed by atoms with Crippen LogP contribution in [0.25, 0.3) is 0 Å². The van der Waals surface area contributed by atoms with Gasteiger partial charge >= 0.3 is 6.03 Å². The van der Waals surface area contributed by atoms with Gasteiger partial charge in [0.05, 0.1) is 5.69 Å². The summed E-state index contributed by atoms with van der Waals surface area (Å²) in [7, 11) is 3.68. The molecule has 0 saturated carbocycles. The molecule has 2 amide bonds. The summed E-state index contributed by atoms with van der Waals surface area (Å²) < 4.78 is 0. The van der Waals surface area contributed by atoms with Crippen LogP contribution in [0.2, 0.25) is 0 Å². The van der Waals surface area contributed by atoms with Crippen molar-refractivity contribution in [2.24, 2.45) is 5.73 Å². The fourth-order valence-electron chi connectivity index (χ4n) is 1.79. The predicted molar refractivity (Wildman–Crippen MR) is 64.4 cm³/mol. The van der Waals surface area contributed by atoms with E-state index in [1.807, 2.05) is 14.1 Å². The summed E-state index contributed by atoms with van der Waals surface area (Å²) in [6, 6.07) is 2.91. The first-order valence-electron chi connectivity index (χ1n) is 5.29. The van der Waals surface area contributed by atoms with E-state index in [1.165, 1.54) is 4.90 Å². The van der Waals surface area contributed by atoms with Crippen molar-refractivity contribution >= 4 is 23.3 Å². The molecule has 0 radical (unpaired) electrons. The minimum Gasteiger partial charge on any atom is -0.363 e. The van der Waals surface area contributed by atoms with Gasteiger partial charge in [-0.15, -0.1) is 0 Å². The Kier molecular flexibility index (Phi) is 2.71. The zero-order valence-electron chi connectivity index (χ0n) is 9.80. The number of hydrogen-bond acceptors (Lipinski definition) is 4. The first kappa shape index (κ1) is 11.4. The summed E-state index contributed by atoms with van der Waals surface area (Å²) in [4.78, 5) is 30.4. The third-order valence-corrected chi connectivity index (χ3v) is 2.70. The maximum atomic E-state index is 11.8. The van der Waals surface area contributed by atoms with Crippen molar-refractivity contribution in [2.75, 3.05) is 30.4 Å². The summed E-state index contributed by atoms with van der Waals surface area (Å²) >= 11 is 0. The average molecular weight is 234 g/mol. The molecule has 2 N–H and O–H groups in total. The molecule has 6 heteroatoms. The first-order chi connectivity index (χ1) is 8.00. The number of hydrogen-bond donors (Lipinski definition) is 1. The van der Waals surface area contributed by atoms with Crippen molar-refractivity contribution in [3.63, 3.8) is 0 Å². The molecule has 6 nitrogen and oxygen atoms in total. The lowest BCUT2D eigenvalue weighted by Gasteiger charge is -2.27. The fraction of sp³-hybridized carbons (Fsp3) is 0.364. The second kappa shape index (κ2) is 4.04. The Morgan fingerprint density at radius 3 is 2.76 bits per heavy atom. The van der Waals surface area contributed by atoms with Crippen molar-refractivity contribution in [3.05, 3.63) is 17.8 Å². The van der Waals surface area contributed by atoms with Crippen molar-refractivity contribution in [1.29, 1.82) is 0 Å². The van der Waals surface area contributed by atoms with Crippen LogP contribution in [0.1, 0.15) is 16.9 Å². The van der Waals surface area contributed by atoms with Crippen LogP contribution in [-0.4, -0.2) is 37.4 Å². The summed E-state index contributed by atoms with van der Waals surface area (Å²) in [5.41, 5.74) is 6.08. The van der Waals surface area contributed by atoms with Crippen LogP contribution >= 0.6 is 0 Å². The topological polar surface area (TPSA) is 79.5 Å². The highest BCUT2D eigenvalue weighted by Crippen LogP contribution is 2.27.